The van der Waals surface area contributed by atoms with Crippen LogP contribution in [-0.2, 0) is 21.4 Å². The fourth-order valence-corrected chi connectivity index (χ4v) is 6.89. The lowest BCUT2D eigenvalue weighted by Gasteiger charge is -2.46. The van der Waals surface area contributed by atoms with E-state index in [9.17, 15) is 10.1 Å². The number of piperidine rings is 1. The summed E-state index contributed by atoms with van der Waals surface area (Å²) in [5.41, 5.74) is 8.30. The number of benzene rings is 1. The molecule has 0 spiro atoms. The first-order valence-electron chi connectivity index (χ1n) is 15.1. The van der Waals surface area contributed by atoms with Gasteiger partial charge in [-0.05, 0) is 54.7 Å². The van der Waals surface area contributed by atoms with Gasteiger partial charge in [0.15, 0.2) is 0 Å². The van der Waals surface area contributed by atoms with Gasteiger partial charge in [-0.3, -0.25) is 9.78 Å². The molecule has 5 heterocycles. The zero-order valence-electron chi connectivity index (χ0n) is 25.6. The number of anilines is 1. The molecular formula is C33H36F2N8O2. The van der Waals surface area contributed by atoms with Crippen LogP contribution < -0.4 is 10.6 Å². The standard InChI is InChI=1S/C33H36F2N8O2/c1-20-17-42(18-27(37)32(20)41(3)21(2)44)29-6-9-38-15-22(29)12-30-39-16-24-4-5-28(40-43(24)30)31-25(34)13-23(14-26(31)35)33(19-36)7-10-45-11-8-33/h4-6,9,13-16,20,27,32H,7-8,10-12,17-18,37H2,1-3H3/t20-,27+,32-/m0/s1. The monoisotopic (exact) mass is 614 g/mol. The second kappa shape index (κ2) is 12.1. The van der Waals surface area contributed by atoms with Crippen molar-refractivity contribution in [1.82, 2.24) is 24.5 Å². The number of ether oxygens (including phenoxy) is 1. The smallest absolute Gasteiger partial charge is 0.219 e. The van der Waals surface area contributed by atoms with Gasteiger partial charge < -0.3 is 20.3 Å². The molecule has 2 aliphatic heterocycles. The number of pyridine rings is 1. The van der Waals surface area contributed by atoms with Crippen LogP contribution in [0.5, 0.6) is 0 Å². The Bertz CT molecular complexity index is 1750. The third-order valence-electron chi connectivity index (χ3n) is 9.34. The molecule has 0 radical (unpaired) electrons. The summed E-state index contributed by atoms with van der Waals surface area (Å²) in [7, 11) is 1.79. The molecule has 1 amide bonds. The molecule has 0 saturated carbocycles. The molecule has 2 aliphatic rings. The number of carbonyl (C=O) groups excluding carboxylic acids is 1. The number of hydrogen-bond donors (Lipinski definition) is 1. The zero-order valence-corrected chi connectivity index (χ0v) is 25.6. The highest BCUT2D eigenvalue weighted by Gasteiger charge is 2.38. The van der Waals surface area contributed by atoms with Gasteiger partial charge >= 0.3 is 0 Å². The maximum atomic E-state index is 15.6. The Hall–Kier alpha value is -4.47. The Labute approximate surface area is 260 Å². The lowest BCUT2D eigenvalue weighted by molar-refractivity contribution is -0.131. The minimum Gasteiger partial charge on any atom is -0.381 e. The summed E-state index contributed by atoms with van der Waals surface area (Å²) in [6.45, 7) is 5.63. The summed E-state index contributed by atoms with van der Waals surface area (Å²) in [5.74, 6) is -0.866. The molecule has 2 N–H and O–H groups in total. The van der Waals surface area contributed by atoms with Crippen molar-refractivity contribution < 1.29 is 18.3 Å². The first-order chi connectivity index (χ1) is 21.6. The number of fused-ring (bicyclic) bond motifs is 1. The van der Waals surface area contributed by atoms with Crippen molar-refractivity contribution in [3.8, 4) is 17.3 Å². The molecule has 2 fully saturated rings. The summed E-state index contributed by atoms with van der Waals surface area (Å²) in [4.78, 5) is 24.9. The molecule has 2 saturated heterocycles. The van der Waals surface area contributed by atoms with Crippen LogP contribution in [0.1, 0.15) is 43.6 Å². The van der Waals surface area contributed by atoms with Gasteiger partial charge in [-0.2, -0.15) is 10.4 Å². The van der Waals surface area contributed by atoms with Crippen LogP contribution in [0.3, 0.4) is 0 Å². The molecule has 6 rings (SSSR count). The van der Waals surface area contributed by atoms with Crippen LogP contribution in [0.4, 0.5) is 14.5 Å². The van der Waals surface area contributed by atoms with Crippen LogP contribution >= 0.6 is 0 Å². The first kappa shape index (κ1) is 30.6. The van der Waals surface area contributed by atoms with Gasteiger partial charge in [-0.1, -0.05) is 6.92 Å². The van der Waals surface area contributed by atoms with Gasteiger partial charge in [0.1, 0.15) is 17.5 Å². The highest BCUT2D eigenvalue weighted by molar-refractivity contribution is 5.73. The number of likely N-dealkylation sites (N-methyl/N-ethyl adjacent to an activating group) is 1. The third-order valence-corrected chi connectivity index (χ3v) is 9.34. The van der Waals surface area contributed by atoms with Crippen molar-refractivity contribution in [2.75, 3.05) is 38.3 Å². The van der Waals surface area contributed by atoms with E-state index in [2.05, 4.69) is 33.0 Å². The predicted octanol–water partition coefficient (Wildman–Crippen LogP) is 3.86. The number of rotatable bonds is 6. The van der Waals surface area contributed by atoms with E-state index < -0.39 is 17.0 Å². The van der Waals surface area contributed by atoms with E-state index in [0.29, 0.717) is 62.5 Å². The molecular weight excluding hydrogens is 578 g/mol. The lowest BCUT2D eigenvalue weighted by Crippen LogP contribution is -2.62. The number of carbonyl (C=O) groups is 1. The van der Waals surface area contributed by atoms with E-state index in [0.717, 1.165) is 11.3 Å². The van der Waals surface area contributed by atoms with Crippen molar-refractivity contribution >= 4 is 17.1 Å². The van der Waals surface area contributed by atoms with Gasteiger partial charge in [-0.25, -0.2) is 18.3 Å². The van der Waals surface area contributed by atoms with Crippen molar-refractivity contribution in [2.24, 2.45) is 11.7 Å². The van der Waals surface area contributed by atoms with E-state index in [-0.39, 0.29) is 35.2 Å². The molecule has 12 heteroatoms. The van der Waals surface area contributed by atoms with Crippen LogP contribution in [0.25, 0.3) is 16.8 Å². The van der Waals surface area contributed by atoms with Gasteiger partial charge in [0.2, 0.25) is 5.91 Å². The van der Waals surface area contributed by atoms with E-state index in [4.69, 9.17) is 10.5 Å². The summed E-state index contributed by atoms with van der Waals surface area (Å²) < 4.78 is 38.1. The molecule has 45 heavy (non-hydrogen) atoms. The minimum atomic E-state index is -0.991. The number of nitrogens with zero attached hydrogens (tertiary/aromatic N) is 7. The number of amides is 1. The summed E-state index contributed by atoms with van der Waals surface area (Å²) in [5, 5.41) is 14.5. The van der Waals surface area contributed by atoms with Crippen molar-refractivity contribution in [1.29, 1.82) is 5.26 Å². The van der Waals surface area contributed by atoms with Crippen molar-refractivity contribution in [2.45, 2.75) is 50.6 Å². The van der Waals surface area contributed by atoms with Gasteiger partial charge in [0, 0.05) is 76.4 Å². The van der Waals surface area contributed by atoms with Crippen LogP contribution in [0.2, 0.25) is 0 Å². The molecule has 234 valence electrons. The summed E-state index contributed by atoms with van der Waals surface area (Å²) in [6.07, 6.45) is 6.29. The van der Waals surface area contributed by atoms with Crippen molar-refractivity contribution in [3.63, 3.8) is 0 Å². The maximum absolute atomic E-state index is 15.6. The summed E-state index contributed by atoms with van der Waals surface area (Å²) in [6, 6.07) is 9.69. The molecule has 0 aliphatic carbocycles. The fraction of sp³-hybridized carbons (Fsp3) is 0.424. The molecule has 0 unspecified atom stereocenters. The molecule has 3 atom stereocenters. The second-order valence-corrected chi connectivity index (χ2v) is 12.2. The Morgan fingerprint density at radius 2 is 1.91 bits per heavy atom. The first-order valence-corrected chi connectivity index (χ1v) is 15.1. The minimum absolute atomic E-state index is 0.0143. The van der Waals surface area contributed by atoms with Crippen LogP contribution in [-0.4, -0.2) is 75.8 Å². The van der Waals surface area contributed by atoms with E-state index in [1.54, 1.807) is 54.1 Å². The van der Waals surface area contributed by atoms with Crippen LogP contribution in [0, 0.1) is 28.9 Å². The molecule has 0 bridgehead atoms. The number of halogens is 2. The maximum Gasteiger partial charge on any atom is 0.219 e. The largest absolute Gasteiger partial charge is 0.381 e. The van der Waals surface area contributed by atoms with Gasteiger partial charge in [0.25, 0.3) is 0 Å². The number of nitrogens with two attached hydrogens (primary N) is 1. The Morgan fingerprint density at radius 3 is 2.58 bits per heavy atom. The SMILES string of the molecule is CC(=O)N(C)[C@@H]1[C@H](N)CN(c2ccncc2Cc2ncc3ccc(-c4c(F)cc(C5(C#N)CCOCC5)cc4F)nn23)C[C@@H]1C. The average Bonchev–Trinajstić information content (AvgIpc) is 3.42. The molecule has 10 nitrogen and oxygen atoms in total. The third kappa shape index (κ3) is 5.62. The Balaban J connectivity index is 1.30. The molecule has 1 aromatic carbocycles. The second-order valence-electron chi connectivity index (χ2n) is 12.2. The Kier molecular flexibility index (Phi) is 8.24. The molecule has 4 aromatic rings. The molecule has 3 aromatic heterocycles. The number of imidazole rings is 1. The highest BCUT2D eigenvalue weighted by Crippen LogP contribution is 2.37. The number of hydrogen-bond acceptors (Lipinski definition) is 8. The number of aromatic nitrogens is 4. The van der Waals surface area contributed by atoms with Gasteiger partial charge in [0.05, 0.1) is 40.5 Å². The summed E-state index contributed by atoms with van der Waals surface area (Å²) >= 11 is 0. The quantitative estimate of drug-likeness (QED) is 0.347. The zero-order chi connectivity index (χ0) is 31.9. The lowest BCUT2D eigenvalue weighted by atomic mass is 9.75. The fourth-order valence-electron chi connectivity index (χ4n) is 6.89. The van der Waals surface area contributed by atoms with E-state index >= 15 is 8.78 Å². The number of nitriles is 1. The van der Waals surface area contributed by atoms with Crippen molar-refractivity contribution in [3.05, 3.63) is 77.5 Å². The predicted molar refractivity (Wildman–Crippen MR) is 164 cm³/mol. The van der Waals surface area contributed by atoms with Gasteiger partial charge in [-0.15, -0.1) is 0 Å². The Morgan fingerprint density at radius 1 is 1.18 bits per heavy atom. The highest BCUT2D eigenvalue weighted by atomic mass is 19.1. The van der Waals surface area contributed by atoms with Crippen LogP contribution in [0.15, 0.2) is 48.9 Å². The average molecular weight is 615 g/mol. The normalized spacial score (nSPS) is 21.4. The van der Waals surface area contributed by atoms with E-state index in [1.165, 1.54) is 12.1 Å². The van der Waals surface area contributed by atoms with E-state index in [1.807, 2.05) is 6.07 Å². The topological polar surface area (TPSA) is 126 Å².